The minimum Gasteiger partial charge on any atom is -0.207 e. The first kappa shape index (κ1) is 23.4. The Bertz CT molecular complexity index is 1530. The van der Waals surface area contributed by atoms with E-state index in [-0.39, 0.29) is 11.3 Å². The number of fused-ring (bicyclic) bond motifs is 3. The van der Waals surface area contributed by atoms with Crippen molar-refractivity contribution in [3.8, 4) is 0 Å². The van der Waals surface area contributed by atoms with Crippen LogP contribution in [0.5, 0.6) is 0 Å². The molecule has 1 saturated heterocycles. The van der Waals surface area contributed by atoms with Crippen LogP contribution >= 0.6 is 15.9 Å². The SMILES string of the molecule is O=S(=O)(c1ccc(Br)cc1)N1CC[C@]2(c3ccccc3)c3ccccc3C(c3ccccc3)=C[C@@H]2C1. The van der Waals surface area contributed by atoms with Gasteiger partial charge in [-0.2, -0.15) is 4.31 Å². The summed E-state index contributed by atoms with van der Waals surface area (Å²) >= 11 is 3.41. The van der Waals surface area contributed by atoms with Crippen LogP contribution in [-0.2, 0) is 15.4 Å². The molecule has 180 valence electrons. The van der Waals surface area contributed by atoms with Crippen molar-refractivity contribution in [2.45, 2.75) is 16.7 Å². The van der Waals surface area contributed by atoms with Crippen LogP contribution in [0.15, 0.2) is 125 Å². The van der Waals surface area contributed by atoms with Crippen molar-refractivity contribution in [1.82, 2.24) is 4.31 Å². The smallest absolute Gasteiger partial charge is 0.207 e. The third-order valence-electron chi connectivity index (χ3n) is 7.68. The summed E-state index contributed by atoms with van der Waals surface area (Å²) in [5.41, 5.74) is 5.79. The third-order valence-corrected chi connectivity index (χ3v) is 10.1. The molecule has 1 aliphatic carbocycles. The second kappa shape index (κ2) is 9.15. The molecule has 4 aromatic carbocycles. The normalized spacial score (nSPS) is 21.8. The Morgan fingerprint density at radius 2 is 1.42 bits per heavy atom. The van der Waals surface area contributed by atoms with Crippen molar-refractivity contribution in [3.05, 3.63) is 142 Å². The summed E-state index contributed by atoms with van der Waals surface area (Å²) in [6.07, 6.45) is 3.04. The quantitative estimate of drug-likeness (QED) is 0.275. The topological polar surface area (TPSA) is 37.4 Å². The second-order valence-electron chi connectivity index (χ2n) is 9.50. The number of rotatable bonds is 4. The average molecular weight is 557 g/mol. The Balaban J connectivity index is 1.52. The molecule has 1 heterocycles. The molecule has 0 saturated carbocycles. The molecule has 1 fully saturated rings. The fourth-order valence-corrected chi connectivity index (χ4v) is 7.70. The lowest BCUT2D eigenvalue weighted by molar-refractivity contribution is 0.208. The average Bonchev–Trinajstić information content (AvgIpc) is 2.93. The fourth-order valence-electron chi connectivity index (χ4n) is 5.97. The summed E-state index contributed by atoms with van der Waals surface area (Å²) in [6, 6.07) is 36.6. The molecule has 36 heavy (non-hydrogen) atoms. The van der Waals surface area contributed by atoms with E-state index in [1.165, 1.54) is 22.3 Å². The lowest BCUT2D eigenvalue weighted by atomic mass is 9.57. The van der Waals surface area contributed by atoms with E-state index in [1.54, 1.807) is 28.6 Å². The van der Waals surface area contributed by atoms with Crippen molar-refractivity contribution >= 4 is 31.5 Å². The summed E-state index contributed by atoms with van der Waals surface area (Å²) < 4.78 is 29.9. The van der Waals surface area contributed by atoms with Gasteiger partial charge in [0.2, 0.25) is 10.0 Å². The first-order valence-electron chi connectivity index (χ1n) is 12.2. The molecule has 0 radical (unpaired) electrons. The van der Waals surface area contributed by atoms with Gasteiger partial charge in [-0.25, -0.2) is 8.42 Å². The van der Waals surface area contributed by atoms with E-state index in [9.17, 15) is 8.42 Å². The van der Waals surface area contributed by atoms with E-state index in [0.29, 0.717) is 24.4 Å². The Morgan fingerprint density at radius 1 is 0.778 bits per heavy atom. The predicted octanol–water partition coefficient (Wildman–Crippen LogP) is 6.89. The molecular formula is C31H26BrNO2S. The van der Waals surface area contributed by atoms with Gasteiger partial charge in [-0.15, -0.1) is 0 Å². The maximum absolute atomic E-state index is 13.7. The van der Waals surface area contributed by atoms with Gasteiger partial charge in [-0.3, -0.25) is 0 Å². The maximum Gasteiger partial charge on any atom is 0.243 e. The number of piperidine rings is 1. The van der Waals surface area contributed by atoms with Gasteiger partial charge in [0.1, 0.15) is 0 Å². The van der Waals surface area contributed by atoms with Crippen molar-refractivity contribution in [2.75, 3.05) is 13.1 Å². The van der Waals surface area contributed by atoms with Gasteiger partial charge >= 0.3 is 0 Å². The van der Waals surface area contributed by atoms with Gasteiger partial charge in [0.15, 0.2) is 0 Å². The first-order chi connectivity index (χ1) is 17.5. The van der Waals surface area contributed by atoms with Crippen molar-refractivity contribution in [2.24, 2.45) is 5.92 Å². The highest BCUT2D eigenvalue weighted by Gasteiger charge is 2.50. The largest absolute Gasteiger partial charge is 0.243 e. The summed E-state index contributed by atoms with van der Waals surface area (Å²) in [4.78, 5) is 0.335. The molecule has 0 amide bonds. The lowest BCUT2D eigenvalue weighted by Gasteiger charge is -2.50. The predicted molar refractivity (Wildman–Crippen MR) is 148 cm³/mol. The summed E-state index contributed by atoms with van der Waals surface area (Å²) in [7, 11) is -3.61. The molecule has 6 rings (SSSR count). The first-order valence-corrected chi connectivity index (χ1v) is 14.4. The Morgan fingerprint density at radius 3 is 2.14 bits per heavy atom. The molecule has 5 heteroatoms. The van der Waals surface area contributed by atoms with Crippen LogP contribution in [0.25, 0.3) is 5.57 Å². The number of hydrogen-bond acceptors (Lipinski definition) is 2. The molecule has 2 atom stereocenters. The third kappa shape index (κ3) is 3.78. The van der Waals surface area contributed by atoms with E-state index in [0.717, 1.165) is 10.0 Å². The molecular weight excluding hydrogens is 530 g/mol. The zero-order valence-electron chi connectivity index (χ0n) is 19.7. The number of benzene rings is 4. The van der Waals surface area contributed by atoms with E-state index in [4.69, 9.17) is 0 Å². The van der Waals surface area contributed by atoms with Crippen LogP contribution in [0, 0.1) is 5.92 Å². The zero-order valence-corrected chi connectivity index (χ0v) is 22.1. The van der Waals surface area contributed by atoms with Gasteiger partial charge in [0, 0.05) is 28.9 Å². The summed E-state index contributed by atoms with van der Waals surface area (Å²) in [6.45, 7) is 0.893. The Hall–Kier alpha value is -2.99. The fraction of sp³-hybridized carbons (Fsp3) is 0.161. The number of sulfonamides is 1. The van der Waals surface area contributed by atoms with E-state index < -0.39 is 10.0 Å². The standard InChI is InChI=1S/C31H26BrNO2S/c32-26-15-17-27(18-16-26)36(34,35)33-20-19-31(24-11-5-2-6-12-24)25(22-33)21-29(23-9-3-1-4-10-23)28-13-7-8-14-30(28)31/h1-18,21,25H,19-20,22H2/t25-,31-/m1/s1. The highest BCUT2D eigenvalue weighted by atomic mass is 79.9. The Kier molecular flexibility index (Phi) is 5.95. The lowest BCUT2D eigenvalue weighted by Crippen LogP contribution is -2.53. The Labute approximate surface area is 221 Å². The highest BCUT2D eigenvalue weighted by Crippen LogP contribution is 2.53. The van der Waals surface area contributed by atoms with E-state index in [1.807, 2.05) is 12.1 Å². The molecule has 1 aliphatic heterocycles. The molecule has 0 spiro atoms. The van der Waals surface area contributed by atoms with Crippen LogP contribution in [-0.4, -0.2) is 25.8 Å². The van der Waals surface area contributed by atoms with Crippen LogP contribution in [0.4, 0.5) is 0 Å². The monoisotopic (exact) mass is 555 g/mol. The molecule has 0 aromatic heterocycles. The van der Waals surface area contributed by atoms with Gasteiger partial charge in [-0.1, -0.05) is 107 Å². The van der Waals surface area contributed by atoms with Crippen molar-refractivity contribution in [3.63, 3.8) is 0 Å². The minimum atomic E-state index is -3.61. The van der Waals surface area contributed by atoms with Crippen molar-refractivity contribution in [1.29, 1.82) is 0 Å². The van der Waals surface area contributed by atoms with Gasteiger partial charge in [0.25, 0.3) is 0 Å². The number of halogens is 1. The molecule has 0 unspecified atom stereocenters. The maximum atomic E-state index is 13.7. The summed E-state index contributed by atoms with van der Waals surface area (Å²) in [5.74, 6) is -0.0102. The van der Waals surface area contributed by atoms with Crippen LogP contribution in [0.3, 0.4) is 0 Å². The van der Waals surface area contributed by atoms with Crippen LogP contribution < -0.4 is 0 Å². The summed E-state index contributed by atoms with van der Waals surface area (Å²) in [5, 5.41) is 0. The second-order valence-corrected chi connectivity index (χ2v) is 12.4. The molecule has 0 bridgehead atoms. The van der Waals surface area contributed by atoms with E-state index in [2.05, 4.69) is 94.8 Å². The number of nitrogens with zero attached hydrogens (tertiary/aromatic N) is 1. The van der Waals surface area contributed by atoms with Crippen molar-refractivity contribution < 1.29 is 8.42 Å². The molecule has 0 N–H and O–H groups in total. The van der Waals surface area contributed by atoms with Gasteiger partial charge < -0.3 is 0 Å². The zero-order chi connectivity index (χ0) is 24.8. The number of hydrogen-bond donors (Lipinski definition) is 0. The van der Waals surface area contributed by atoms with Crippen LogP contribution in [0.2, 0.25) is 0 Å². The minimum absolute atomic E-state index is 0.0102. The molecule has 2 aliphatic rings. The highest BCUT2D eigenvalue weighted by molar-refractivity contribution is 9.10. The van der Waals surface area contributed by atoms with Crippen LogP contribution in [0.1, 0.15) is 28.7 Å². The van der Waals surface area contributed by atoms with Gasteiger partial charge in [-0.05, 0) is 58.5 Å². The van der Waals surface area contributed by atoms with Gasteiger partial charge in [0.05, 0.1) is 4.90 Å². The molecule has 3 nitrogen and oxygen atoms in total. The van der Waals surface area contributed by atoms with E-state index >= 15 is 0 Å². The molecule has 4 aromatic rings.